The van der Waals surface area contributed by atoms with Crippen LogP contribution in [0.1, 0.15) is 51.9 Å². The number of amides is 1. The van der Waals surface area contributed by atoms with E-state index in [-0.39, 0.29) is 21.3 Å². The Morgan fingerprint density at radius 2 is 1.62 bits per heavy atom. The van der Waals surface area contributed by atoms with Gasteiger partial charge in [-0.2, -0.15) is 0 Å². The van der Waals surface area contributed by atoms with Crippen molar-refractivity contribution in [3.63, 3.8) is 0 Å². The quantitative estimate of drug-likeness (QED) is 0.501. The summed E-state index contributed by atoms with van der Waals surface area (Å²) < 4.78 is 31.8. The first-order valence-corrected chi connectivity index (χ1v) is 11.4. The zero-order valence-corrected chi connectivity index (χ0v) is 17.5. The number of aromatic hydroxyl groups is 1. The highest BCUT2D eigenvalue weighted by Crippen LogP contribution is 2.31. The number of hydrogen-bond donors (Lipinski definition) is 2. The van der Waals surface area contributed by atoms with E-state index in [2.05, 4.69) is 6.92 Å². The molecule has 3 N–H and O–H groups in total. The minimum Gasteiger partial charge on any atom is -0.508 e. The Hall–Kier alpha value is -2.54. The SMILES string of the molecule is CCCCCCCCC(Oc1ccccc1S(=O)(=O)c1ccc(O)cc1)C(N)=O. The number of nitrogens with two attached hydrogens (primary N) is 1. The van der Waals surface area contributed by atoms with Crippen LogP contribution < -0.4 is 10.5 Å². The number of carbonyl (C=O) groups excluding carboxylic acids is 1. The van der Waals surface area contributed by atoms with Gasteiger partial charge in [-0.05, 0) is 49.2 Å². The fourth-order valence-electron chi connectivity index (χ4n) is 3.04. The van der Waals surface area contributed by atoms with Crippen LogP contribution in [0.25, 0.3) is 0 Å². The predicted octanol–water partition coefficient (Wildman–Crippen LogP) is 4.21. The van der Waals surface area contributed by atoms with Crippen molar-refractivity contribution in [1.29, 1.82) is 0 Å². The van der Waals surface area contributed by atoms with Crippen LogP contribution in [0.4, 0.5) is 0 Å². The fraction of sp³-hybridized carbons (Fsp3) is 0.409. The van der Waals surface area contributed by atoms with Crippen molar-refractivity contribution < 1.29 is 23.1 Å². The largest absolute Gasteiger partial charge is 0.508 e. The summed E-state index contributed by atoms with van der Waals surface area (Å²) in [6, 6.07) is 11.4. The number of phenols is 1. The molecule has 0 spiro atoms. The second-order valence-electron chi connectivity index (χ2n) is 7.01. The molecule has 0 radical (unpaired) electrons. The molecule has 0 saturated carbocycles. The van der Waals surface area contributed by atoms with Gasteiger partial charge in [-0.25, -0.2) is 8.42 Å². The molecule has 1 unspecified atom stereocenters. The molecule has 0 heterocycles. The molecule has 0 bridgehead atoms. The summed E-state index contributed by atoms with van der Waals surface area (Å²) >= 11 is 0. The average molecular weight is 420 g/mol. The Kier molecular flexibility index (Phi) is 8.51. The Labute approximate surface area is 172 Å². The van der Waals surface area contributed by atoms with Crippen molar-refractivity contribution in [1.82, 2.24) is 0 Å². The number of primary amides is 1. The molecule has 7 heteroatoms. The Morgan fingerprint density at radius 1 is 1.00 bits per heavy atom. The normalized spacial score (nSPS) is 12.4. The van der Waals surface area contributed by atoms with Gasteiger partial charge in [-0.3, -0.25) is 4.79 Å². The maximum Gasteiger partial charge on any atom is 0.258 e. The molecule has 1 amide bonds. The summed E-state index contributed by atoms with van der Waals surface area (Å²) in [5.41, 5.74) is 5.49. The second-order valence-corrected chi connectivity index (χ2v) is 8.93. The average Bonchev–Trinajstić information content (AvgIpc) is 2.70. The highest BCUT2D eigenvalue weighted by Gasteiger charge is 2.25. The molecule has 0 fully saturated rings. The van der Waals surface area contributed by atoms with E-state index in [0.29, 0.717) is 6.42 Å². The molecule has 1 atom stereocenters. The lowest BCUT2D eigenvalue weighted by Gasteiger charge is -2.18. The van der Waals surface area contributed by atoms with Crippen LogP contribution in [0.5, 0.6) is 11.5 Å². The fourth-order valence-corrected chi connectivity index (χ4v) is 4.43. The minimum absolute atomic E-state index is 0.0258. The predicted molar refractivity (Wildman–Crippen MR) is 112 cm³/mol. The molecule has 2 aromatic rings. The highest BCUT2D eigenvalue weighted by molar-refractivity contribution is 7.91. The van der Waals surface area contributed by atoms with Gasteiger partial charge in [0.2, 0.25) is 9.84 Å². The van der Waals surface area contributed by atoms with Crippen LogP contribution in [0.3, 0.4) is 0 Å². The van der Waals surface area contributed by atoms with Crippen LogP contribution in [0.15, 0.2) is 58.3 Å². The van der Waals surface area contributed by atoms with Crippen LogP contribution >= 0.6 is 0 Å². The van der Waals surface area contributed by atoms with Gasteiger partial charge in [-0.15, -0.1) is 0 Å². The topological polar surface area (TPSA) is 107 Å². The van der Waals surface area contributed by atoms with Crippen molar-refractivity contribution in [2.24, 2.45) is 5.73 Å². The van der Waals surface area contributed by atoms with Gasteiger partial charge in [0.25, 0.3) is 5.91 Å². The first kappa shape index (κ1) is 22.7. The number of rotatable bonds is 12. The molecule has 158 valence electrons. The van der Waals surface area contributed by atoms with Gasteiger partial charge < -0.3 is 15.6 Å². The van der Waals surface area contributed by atoms with E-state index in [0.717, 1.165) is 25.7 Å². The Balaban J connectivity index is 2.15. The van der Waals surface area contributed by atoms with E-state index < -0.39 is 21.8 Å². The number of benzene rings is 2. The number of phenolic OH excluding ortho intramolecular Hbond substituents is 1. The van der Waals surface area contributed by atoms with Gasteiger partial charge in [0, 0.05) is 0 Å². The molecule has 0 saturated heterocycles. The van der Waals surface area contributed by atoms with Crippen LogP contribution in [-0.4, -0.2) is 25.5 Å². The molecule has 0 aliphatic heterocycles. The molecule has 29 heavy (non-hydrogen) atoms. The summed E-state index contributed by atoms with van der Waals surface area (Å²) in [4.78, 5) is 11.8. The lowest BCUT2D eigenvalue weighted by Crippen LogP contribution is -2.34. The van der Waals surface area contributed by atoms with Crippen molar-refractivity contribution in [3.8, 4) is 11.5 Å². The van der Waals surface area contributed by atoms with E-state index in [9.17, 15) is 18.3 Å². The number of para-hydroxylation sites is 1. The summed E-state index contributed by atoms with van der Waals surface area (Å²) in [6.07, 6.45) is 5.91. The van der Waals surface area contributed by atoms with Gasteiger partial charge >= 0.3 is 0 Å². The van der Waals surface area contributed by atoms with Crippen molar-refractivity contribution in [2.45, 2.75) is 67.8 Å². The summed E-state index contributed by atoms with van der Waals surface area (Å²) in [6.45, 7) is 2.15. The summed E-state index contributed by atoms with van der Waals surface area (Å²) in [7, 11) is -3.88. The van der Waals surface area contributed by atoms with E-state index in [4.69, 9.17) is 10.5 Å². The minimum atomic E-state index is -3.88. The maximum atomic E-state index is 13.0. The molecular weight excluding hydrogens is 390 g/mol. The number of unbranched alkanes of at least 4 members (excludes halogenated alkanes) is 5. The third-order valence-electron chi connectivity index (χ3n) is 4.69. The standard InChI is InChI=1S/C22H29NO5S/c1-2-3-4-5-6-7-11-20(22(23)25)28-19-10-8-9-12-21(19)29(26,27)18-15-13-17(24)14-16-18/h8-10,12-16,20,24H,2-7,11H2,1H3,(H2,23,25). The third kappa shape index (κ3) is 6.49. The van der Waals surface area contributed by atoms with Crippen LogP contribution in [0.2, 0.25) is 0 Å². The van der Waals surface area contributed by atoms with E-state index in [1.165, 1.54) is 49.2 Å². The lowest BCUT2D eigenvalue weighted by atomic mass is 10.1. The van der Waals surface area contributed by atoms with Gasteiger partial charge in [0.1, 0.15) is 16.4 Å². The molecule has 2 rings (SSSR count). The van der Waals surface area contributed by atoms with E-state index in [1.807, 2.05) is 0 Å². The number of ether oxygens (including phenoxy) is 1. The zero-order chi connectivity index (χ0) is 21.3. The maximum absolute atomic E-state index is 13.0. The smallest absolute Gasteiger partial charge is 0.258 e. The van der Waals surface area contributed by atoms with Crippen LogP contribution in [-0.2, 0) is 14.6 Å². The van der Waals surface area contributed by atoms with Gasteiger partial charge in [-0.1, -0.05) is 51.2 Å². The Morgan fingerprint density at radius 3 is 2.28 bits per heavy atom. The van der Waals surface area contributed by atoms with Crippen molar-refractivity contribution >= 4 is 15.7 Å². The second kappa shape index (κ2) is 10.9. The molecule has 6 nitrogen and oxygen atoms in total. The Bertz CT molecular complexity index is 894. The molecule has 0 aliphatic carbocycles. The number of sulfone groups is 1. The highest BCUT2D eigenvalue weighted by atomic mass is 32.2. The third-order valence-corrected chi connectivity index (χ3v) is 6.50. The first-order valence-electron chi connectivity index (χ1n) is 9.95. The van der Waals surface area contributed by atoms with Crippen molar-refractivity contribution in [3.05, 3.63) is 48.5 Å². The summed E-state index contributed by atoms with van der Waals surface area (Å²) in [5, 5.41) is 9.41. The molecule has 2 aromatic carbocycles. The van der Waals surface area contributed by atoms with Crippen molar-refractivity contribution in [2.75, 3.05) is 0 Å². The monoisotopic (exact) mass is 419 g/mol. The summed E-state index contributed by atoms with van der Waals surface area (Å²) in [5.74, 6) is -0.549. The van der Waals surface area contributed by atoms with Gasteiger partial charge in [0.05, 0.1) is 4.90 Å². The lowest BCUT2D eigenvalue weighted by molar-refractivity contribution is -0.125. The molecule has 0 aromatic heterocycles. The van der Waals surface area contributed by atoms with E-state index >= 15 is 0 Å². The first-order chi connectivity index (χ1) is 13.9. The molecular formula is C22H29NO5S. The number of hydrogen-bond acceptors (Lipinski definition) is 5. The van der Waals surface area contributed by atoms with Crippen LogP contribution in [0, 0.1) is 0 Å². The number of carbonyl (C=O) groups is 1. The molecule has 0 aliphatic rings. The van der Waals surface area contributed by atoms with Gasteiger partial charge in [0.15, 0.2) is 6.10 Å². The van der Waals surface area contributed by atoms with E-state index in [1.54, 1.807) is 12.1 Å². The zero-order valence-electron chi connectivity index (χ0n) is 16.7.